The minimum absolute atomic E-state index is 0.292. The average molecular weight is 258 g/mol. The fourth-order valence-electron chi connectivity index (χ4n) is 1.36. The van der Waals surface area contributed by atoms with E-state index in [0.29, 0.717) is 11.9 Å². The van der Waals surface area contributed by atoms with Crippen LogP contribution in [0.5, 0.6) is 0 Å². The molecule has 0 aliphatic rings. The van der Waals surface area contributed by atoms with Crippen molar-refractivity contribution >= 4 is 22.9 Å². The summed E-state index contributed by atoms with van der Waals surface area (Å²) >= 11 is 7.47. The van der Waals surface area contributed by atoms with Crippen molar-refractivity contribution in [2.24, 2.45) is 0 Å². The first-order valence-electron chi connectivity index (χ1n) is 5.00. The van der Waals surface area contributed by atoms with Gasteiger partial charge in [-0.05, 0) is 19.1 Å². The number of halogens is 1. The molecule has 1 N–H and O–H groups in total. The fraction of sp³-hybridized carbons (Fsp3) is 0.400. The molecule has 0 aliphatic heterocycles. The zero-order valence-corrected chi connectivity index (χ0v) is 10.4. The van der Waals surface area contributed by atoms with Crippen LogP contribution in [0.15, 0.2) is 23.0 Å². The molecular formula is C10H12ClN3OS. The lowest BCUT2D eigenvalue weighted by atomic mass is 10.2. The molecule has 0 fully saturated rings. The van der Waals surface area contributed by atoms with Gasteiger partial charge in [0.05, 0.1) is 4.34 Å². The second kappa shape index (κ2) is 5.43. The molecule has 0 aromatic carbocycles. The largest absolute Gasteiger partial charge is 0.340 e. The van der Waals surface area contributed by atoms with Gasteiger partial charge >= 0.3 is 0 Å². The number of aromatic nitrogens is 2. The molecule has 16 heavy (non-hydrogen) atoms. The van der Waals surface area contributed by atoms with E-state index in [1.807, 2.05) is 12.1 Å². The Hall–Kier alpha value is -0.910. The molecule has 0 aliphatic carbocycles. The minimum Gasteiger partial charge on any atom is -0.340 e. The van der Waals surface area contributed by atoms with Crippen LogP contribution >= 0.6 is 22.9 Å². The predicted molar refractivity (Wildman–Crippen MR) is 63.7 cm³/mol. The number of thiophene rings is 1. The van der Waals surface area contributed by atoms with Crippen LogP contribution in [0.4, 0.5) is 0 Å². The second-order valence-electron chi connectivity index (χ2n) is 3.40. The van der Waals surface area contributed by atoms with Gasteiger partial charge in [-0.25, -0.2) is 0 Å². The maximum Gasteiger partial charge on any atom is 0.227 e. The summed E-state index contributed by atoms with van der Waals surface area (Å²) < 4.78 is 5.73. The van der Waals surface area contributed by atoms with E-state index in [2.05, 4.69) is 22.4 Å². The third kappa shape index (κ3) is 3.04. The highest BCUT2D eigenvalue weighted by Gasteiger charge is 2.07. The third-order valence-corrected chi connectivity index (χ3v) is 3.63. The van der Waals surface area contributed by atoms with E-state index in [4.69, 9.17) is 16.1 Å². The van der Waals surface area contributed by atoms with Crippen LogP contribution in [0.25, 0.3) is 0 Å². The van der Waals surface area contributed by atoms with Crippen molar-refractivity contribution in [2.45, 2.75) is 19.4 Å². The molecule has 0 amide bonds. The number of rotatable bonds is 5. The van der Waals surface area contributed by atoms with Crippen molar-refractivity contribution in [3.63, 3.8) is 0 Å². The van der Waals surface area contributed by atoms with Crippen LogP contribution in [-0.4, -0.2) is 16.7 Å². The molecule has 6 heteroatoms. The van der Waals surface area contributed by atoms with Gasteiger partial charge in [0.25, 0.3) is 0 Å². The Labute approximate surface area is 103 Å². The Kier molecular flexibility index (Phi) is 3.93. The molecule has 86 valence electrons. The lowest BCUT2D eigenvalue weighted by Gasteiger charge is -2.10. The van der Waals surface area contributed by atoms with Gasteiger partial charge in [-0.15, -0.1) is 11.3 Å². The van der Waals surface area contributed by atoms with Gasteiger partial charge in [0, 0.05) is 23.9 Å². The summed E-state index contributed by atoms with van der Waals surface area (Å²) in [7, 11) is 0. The van der Waals surface area contributed by atoms with Gasteiger partial charge in [0.2, 0.25) is 5.89 Å². The quantitative estimate of drug-likeness (QED) is 0.895. The van der Waals surface area contributed by atoms with Crippen molar-refractivity contribution in [3.05, 3.63) is 33.6 Å². The third-order valence-electron chi connectivity index (χ3n) is 2.22. The Morgan fingerprint density at radius 3 is 3.06 bits per heavy atom. The van der Waals surface area contributed by atoms with E-state index in [1.54, 1.807) is 11.3 Å². The predicted octanol–water partition coefficient (Wildman–Crippen LogP) is 2.68. The molecular weight excluding hydrogens is 246 g/mol. The highest BCUT2D eigenvalue weighted by atomic mass is 35.5. The zero-order chi connectivity index (χ0) is 11.4. The summed E-state index contributed by atoms with van der Waals surface area (Å²) in [6, 6.07) is 4.25. The maximum atomic E-state index is 5.88. The van der Waals surface area contributed by atoms with E-state index < -0.39 is 0 Å². The van der Waals surface area contributed by atoms with Gasteiger partial charge in [-0.3, -0.25) is 0 Å². The first-order valence-corrected chi connectivity index (χ1v) is 6.19. The normalized spacial score (nSPS) is 12.9. The van der Waals surface area contributed by atoms with Gasteiger partial charge in [0.1, 0.15) is 0 Å². The number of hydrogen-bond acceptors (Lipinski definition) is 5. The number of nitrogens with zero attached hydrogens (tertiary/aromatic N) is 2. The molecule has 0 radical (unpaired) electrons. The average Bonchev–Trinajstić information content (AvgIpc) is 2.89. The Bertz CT molecular complexity index is 429. The molecule has 1 unspecified atom stereocenters. The van der Waals surface area contributed by atoms with Crippen LogP contribution in [-0.2, 0) is 6.42 Å². The lowest BCUT2D eigenvalue weighted by Crippen LogP contribution is -2.20. The van der Waals surface area contributed by atoms with Gasteiger partial charge < -0.3 is 9.84 Å². The second-order valence-corrected chi connectivity index (χ2v) is 5.15. The summed E-state index contributed by atoms with van der Waals surface area (Å²) in [5, 5.41) is 6.93. The molecule has 2 aromatic rings. The van der Waals surface area contributed by atoms with Crippen LogP contribution in [0.2, 0.25) is 4.34 Å². The lowest BCUT2D eigenvalue weighted by molar-refractivity contribution is 0.373. The molecule has 1 atom stereocenters. The van der Waals surface area contributed by atoms with Crippen molar-refractivity contribution in [3.8, 4) is 0 Å². The van der Waals surface area contributed by atoms with Gasteiger partial charge in [0.15, 0.2) is 6.33 Å². The Morgan fingerprint density at radius 2 is 2.44 bits per heavy atom. The van der Waals surface area contributed by atoms with E-state index >= 15 is 0 Å². The molecule has 2 heterocycles. The van der Waals surface area contributed by atoms with E-state index in [0.717, 1.165) is 17.3 Å². The van der Waals surface area contributed by atoms with Crippen molar-refractivity contribution in [1.29, 1.82) is 0 Å². The fourth-order valence-corrected chi connectivity index (χ4v) is 2.45. The topological polar surface area (TPSA) is 51.0 Å². The summed E-state index contributed by atoms with van der Waals surface area (Å²) in [6.07, 6.45) is 2.15. The molecule has 0 spiro atoms. The molecule has 2 aromatic heterocycles. The highest BCUT2D eigenvalue weighted by Crippen LogP contribution is 2.26. The Morgan fingerprint density at radius 1 is 1.56 bits per heavy atom. The first kappa shape index (κ1) is 11.6. The molecule has 0 saturated heterocycles. The van der Waals surface area contributed by atoms with E-state index in [1.165, 1.54) is 11.2 Å². The van der Waals surface area contributed by atoms with Crippen LogP contribution in [0.1, 0.15) is 23.7 Å². The molecule has 0 bridgehead atoms. The Balaban J connectivity index is 1.78. The van der Waals surface area contributed by atoms with Gasteiger partial charge in [-0.1, -0.05) is 16.8 Å². The van der Waals surface area contributed by atoms with Gasteiger partial charge in [-0.2, -0.15) is 4.98 Å². The van der Waals surface area contributed by atoms with Crippen molar-refractivity contribution < 1.29 is 4.52 Å². The maximum absolute atomic E-state index is 5.88. The van der Waals surface area contributed by atoms with E-state index in [-0.39, 0.29) is 0 Å². The number of hydrogen-bond donors (Lipinski definition) is 1. The molecule has 4 nitrogen and oxygen atoms in total. The summed E-state index contributed by atoms with van der Waals surface area (Å²) in [5.41, 5.74) is 0. The monoisotopic (exact) mass is 257 g/mol. The zero-order valence-electron chi connectivity index (χ0n) is 8.81. The van der Waals surface area contributed by atoms with Crippen LogP contribution in [0.3, 0.4) is 0 Å². The first-order chi connectivity index (χ1) is 7.75. The smallest absolute Gasteiger partial charge is 0.227 e. The van der Waals surface area contributed by atoms with Crippen LogP contribution in [0, 0.1) is 0 Å². The standard InChI is InChI=1S/C10H12ClN3OS/c1-7(8-2-3-9(11)16-8)12-5-4-10-13-6-14-15-10/h2-3,6-7,12H,4-5H2,1H3. The van der Waals surface area contributed by atoms with Crippen molar-refractivity contribution in [2.75, 3.05) is 6.54 Å². The molecule has 2 rings (SSSR count). The minimum atomic E-state index is 0.292. The van der Waals surface area contributed by atoms with E-state index in [9.17, 15) is 0 Å². The SMILES string of the molecule is CC(NCCc1ncno1)c1ccc(Cl)s1. The van der Waals surface area contributed by atoms with Crippen molar-refractivity contribution in [1.82, 2.24) is 15.5 Å². The van der Waals surface area contributed by atoms with Crippen LogP contribution < -0.4 is 5.32 Å². The summed E-state index contributed by atoms with van der Waals surface area (Å²) in [6.45, 7) is 2.91. The highest BCUT2D eigenvalue weighted by molar-refractivity contribution is 7.16. The summed E-state index contributed by atoms with van der Waals surface area (Å²) in [5.74, 6) is 0.656. The number of nitrogens with one attached hydrogen (secondary N) is 1. The summed E-state index contributed by atoms with van der Waals surface area (Å²) in [4.78, 5) is 5.19. The molecule has 0 saturated carbocycles.